The van der Waals surface area contributed by atoms with Crippen LogP contribution in [0, 0.1) is 0 Å². The first-order valence-corrected chi connectivity index (χ1v) is 7.81. The van der Waals surface area contributed by atoms with Gasteiger partial charge in [-0.05, 0) is 46.1 Å². The number of nitrogens with zero attached hydrogens (tertiary/aromatic N) is 2. The average Bonchev–Trinajstić information content (AvgIpc) is 2.82. The molecule has 0 fully saturated rings. The van der Waals surface area contributed by atoms with Crippen molar-refractivity contribution in [2.45, 2.75) is 6.42 Å². The molecular weight excluding hydrogens is 336 g/mol. The molecule has 0 spiro atoms. The molecule has 0 amide bonds. The van der Waals surface area contributed by atoms with Crippen LogP contribution in [0.15, 0.2) is 40.4 Å². The zero-order valence-electron chi connectivity index (χ0n) is 10.6. The molecule has 0 aliphatic rings. The standard InChI is InChI=1S/C14H13BrN4S/c15-12-7-11-13(20-12)14(19-8-18-11)17-6-5-9-1-3-10(16)4-2-9/h1-4,7-8H,5-6,16H2,(H,17,18,19). The summed E-state index contributed by atoms with van der Waals surface area (Å²) in [5.41, 5.74) is 8.69. The van der Waals surface area contributed by atoms with Gasteiger partial charge >= 0.3 is 0 Å². The Balaban J connectivity index is 1.69. The summed E-state index contributed by atoms with van der Waals surface area (Å²) in [6, 6.07) is 9.96. The molecule has 0 bridgehead atoms. The van der Waals surface area contributed by atoms with E-state index in [0.717, 1.165) is 38.5 Å². The van der Waals surface area contributed by atoms with Crippen molar-refractivity contribution >= 4 is 49.0 Å². The van der Waals surface area contributed by atoms with Gasteiger partial charge in [0.15, 0.2) is 0 Å². The molecule has 102 valence electrons. The minimum atomic E-state index is 0.794. The van der Waals surface area contributed by atoms with Gasteiger partial charge < -0.3 is 11.1 Å². The second-order valence-corrected chi connectivity index (χ2v) is 6.84. The zero-order valence-corrected chi connectivity index (χ0v) is 13.0. The van der Waals surface area contributed by atoms with Crippen LogP contribution in [-0.4, -0.2) is 16.5 Å². The average molecular weight is 349 g/mol. The maximum absolute atomic E-state index is 5.68. The molecular formula is C14H13BrN4S. The first-order valence-electron chi connectivity index (χ1n) is 6.21. The van der Waals surface area contributed by atoms with E-state index in [0.29, 0.717) is 0 Å². The summed E-state index contributed by atoms with van der Waals surface area (Å²) in [7, 11) is 0. The first kappa shape index (κ1) is 13.3. The molecule has 6 heteroatoms. The van der Waals surface area contributed by atoms with Crippen molar-refractivity contribution in [3.8, 4) is 0 Å². The zero-order chi connectivity index (χ0) is 13.9. The molecule has 2 heterocycles. The van der Waals surface area contributed by atoms with Crippen LogP contribution in [0.25, 0.3) is 10.2 Å². The van der Waals surface area contributed by atoms with E-state index in [4.69, 9.17) is 5.73 Å². The van der Waals surface area contributed by atoms with Gasteiger partial charge in [-0.3, -0.25) is 0 Å². The number of nitrogens with one attached hydrogen (secondary N) is 1. The Morgan fingerprint density at radius 1 is 1.20 bits per heavy atom. The molecule has 0 atom stereocenters. The fraction of sp³-hybridized carbons (Fsp3) is 0.143. The van der Waals surface area contributed by atoms with Gasteiger partial charge in [-0.1, -0.05) is 12.1 Å². The summed E-state index contributed by atoms with van der Waals surface area (Å²) >= 11 is 5.12. The number of aromatic nitrogens is 2. The van der Waals surface area contributed by atoms with E-state index in [-0.39, 0.29) is 0 Å². The van der Waals surface area contributed by atoms with Crippen LogP contribution in [0.3, 0.4) is 0 Å². The molecule has 1 aromatic carbocycles. The fourth-order valence-electron chi connectivity index (χ4n) is 1.96. The number of nitrogen functional groups attached to an aromatic ring is 1. The van der Waals surface area contributed by atoms with Gasteiger partial charge in [0.25, 0.3) is 0 Å². The van der Waals surface area contributed by atoms with Gasteiger partial charge in [0.1, 0.15) is 12.1 Å². The molecule has 0 saturated heterocycles. The summed E-state index contributed by atoms with van der Waals surface area (Å²) in [6.07, 6.45) is 2.52. The lowest BCUT2D eigenvalue weighted by atomic mass is 10.1. The predicted octanol–water partition coefficient (Wildman–Crippen LogP) is 3.69. The number of anilines is 2. The molecule has 20 heavy (non-hydrogen) atoms. The van der Waals surface area contributed by atoms with E-state index in [1.54, 1.807) is 17.7 Å². The summed E-state index contributed by atoms with van der Waals surface area (Å²) in [5.74, 6) is 0.890. The second kappa shape index (κ2) is 5.76. The largest absolute Gasteiger partial charge is 0.399 e. The van der Waals surface area contributed by atoms with Gasteiger partial charge in [-0.2, -0.15) is 0 Å². The van der Waals surface area contributed by atoms with Crippen molar-refractivity contribution in [1.82, 2.24) is 9.97 Å². The summed E-state index contributed by atoms with van der Waals surface area (Å²) in [4.78, 5) is 8.57. The number of hydrogen-bond donors (Lipinski definition) is 2. The van der Waals surface area contributed by atoms with E-state index in [2.05, 4.69) is 31.2 Å². The van der Waals surface area contributed by atoms with Crippen molar-refractivity contribution in [2.24, 2.45) is 0 Å². The van der Waals surface area contributed by atoms with Crippen LogP contribution in [0.2, 0.25) is 0 Å². The van der Waals surface area contributed by atoms with Gasteiger partial charge in [0.05, 0.1) is 14.0 Å². The molecule has 0 saturated carbocycles. The number of rotatable bonds is 4. The Kier molecular flexibility index (Phi) is 3.84. The van der Waals surface area contributed by atoms with E-state index < -0.39 is 0 Å². The molecule has 0 aliphatic carbocycles. The van der Waals surface area contributed by atoms with E-state index in [1.165, 1.54) is 5.56 Å². The number of nitrogens with two attached hydrogens (primary N) is 1. The lowest BCUT2D eigenvalue weighted by Gasteiger charge is -2.06. The summed E-state index contributed by atoms with van der Waals surface area (Å²) < 4.78 is 2.14. The topological polar surface area (TPSA) is 63.8 Å². The number of benzene rings is 1. The number of fused-ring (bicyclic) bond motifs is 1. The summed E-state index contributed by atoms with van der Waals surface area (Å²) in [5, 5.41) is 3.37. The first-order chi connectivity index (χ1) is 9.72. The Bertz CT molecular complexity index is 724. The third kappa shape index (κ3) is 2.91. The van der Waals surface area contributed by atoms with Crippen molar-refractivity contribution in [1.29, 1.82) is 0 Å². The molecule has 4 nitrogen and oxygen atoms in total. The Morgan fingerprint density at radius 3 is 2.80 bits per heavy atom. The van der Waals surface area contributed by atoms with Crippen LogP contribution in [0.5, 0.6) is 0 Å². The quantitative estimate of drug-likeness (QED) is 0.705. The lowest BCUT2D eigenvalue weighted by Crippen LogP contribution is -2.06. The smallest absolute Gasteiger partial charge is 0.147 e. The van der Waals surface area contributed by atoms with Gasteiger partial charge in [-0.15, -0.1) is 11.3 Å². The maximum Gasteiger partial charge on any atom is 0.147 e. The van der Waals surface area contributed by atoms with E-state index in [9.17, 15) is 0 Å². The van der Waals surface area contributed by atoms with Crippen LogP contribution >= 0.6 is 27.3 Å². The number of halogens is 1. The molecule has 0 radical (unpaired) electrons. The fourth-order valence-corrected chi connectivity index (χ4v) is 3.47. The van der Waals surface area contributed by atoms with Crippen molar-refractivity contribution < 1.29 is 0 Å². The highest BCUT2D eigenvalue weighted by Crippen LogP contribution is 2.32. The molecule has 3 rings (SSSR count). The molecule has 0 unspecified atom stereocenters. The molecule has 2 aromatic heterocycles. The third-order valence-electron chi connectivity index (χ3n) is 2.97. The highest BCUT2D eigenvalue weighted by atomic mass is 79.9. The molecule has 3 aromatic rings. The maximum atomic E-state index is 5.68. The van der Waals surface area contributed by atoms with E-state index >= 15 is 0 Å². The normalized spacial score (nSPS) is 10.8. The van der Waals surface area contributed by atoms with E-state index in [1.807, 2.05) is 30.3 Å². The monoisotopic (exact) mass is 348 g/mol. The van der Waals surface area contributed by atoms with Crippen LogP contribution in [-0.2, 0) is 6.42 Å². The van der Waals surface area contributed by atoms with Crippen LogP contribution < -0.4 is 11.1 Å². The van der Waals surface area contributed by atoms with Crippen LogP contribution in [0.1, 0.15) is 5.56 Å². The SMILES string of the molecule is Nc1ccc(CCNc2ncnc3cc(Br)sc23)cc1. The molecule has 3 N–H and O–H groups in total. The minimum Gasteiger partial charge on any atom is -0.399 e. The minimum absolute atomic E-state index is 0.794. The Labute approximate surface area is 129 Å². The molecule has 0 aliphatic heterocycles. The Hall–Kier alpha value is -1.66. The highest BCUT2D eigenvalue weighted by Gasteiger charge is 2.07. The third-order valence-corrected chi connectivity index (χ3v) is 4.60. The second-order valence-electron chi connectivity index (χ2n) is 4.41. The van der Waals surface area contributed by atoms with Crippen molar-refractivity contribution in [2.75, 3.05) is 17.6 Å². The van der Waals surface area contributed by atoms with Gasteiger partial charge in [-0.25, -0.2) is 9.97 Å². The van der Waals surface area contributed by atoms with Crippen molar-refractivity contribution in [3.63, 3.8) is 0 Å². The van der Waals surface area contributed by atoms with Crippen LogP contribution in [0.4, 0.5) is 11.5 Å². The highest BCUT2D eigenvalue weighted by molar-refractivity contribution is 9.11. The lowest BCUT2D eigenvalue weighted by molar-refractivity contribution is 1.01. The number of thiophene rings is 1. The number of hydrogen-bond acceptors (Lipinski definition) is 5. The van der Waals surface area contributed by atoms with Crippen molar-refractivity contribution in [3.05, 3.63) is 46.0 Å². The van der Waals surface area contributed by atoms with Gasteiger partial charge in [0, 0.05) is 12.2 Å². The van der Waals surface area contributed by atoms with Gasteiger partial charge in [0.2, 0.25) is 0 Å². The Morgan fingerprint density at radius 2 is 2.00 bits per heavy atom. The summed E-state index contributed by atoms with van der Waals surface area (Å²) in [6.45, 7) is 0.825. The predicted molar refractivity (Wildman–Crippen MR) is 88.2 cm³/mol.